The van der Waals surface area contributed by atoms with Crippen molar-refractivity contribution in [2.45, 2.75) is 59.8 Å². The number of ether oxygens (including phenoxy) is 1. The highest BCUT2D eigenvalue weighted by Gasteiger charge is 2.33. The molecule has 3 aromatic heterocycles. The Labute approximate surface area is 204 Å². The predicted octanol–water partition coefficient (Wildman–Crippen LogP) is 6.86. The molecular weight excluding hydrogens is 452 g/mol. The summed E-state index contributed by atoms with van der Waals surface area (Å²) in [6, 6.07) is 9.39. The van der Waals surface area contributed by atoms with Gasteiger partial charge >= 0.3 is 5.97 Å². The van der Waals surface area contributed by atoms with Crippen LogP contribution >= 0.6 is 11.6 Å². The summed E-state index contributed by atoms with van der Waals surface area (Å²) in [7, 11) is 0. The first-order chi connectivity index (χ1) is 16.0. The van der Waals surface area contributed by atoms with Crippen molar-refractivity contribution in [1.29, 1.82) is 0 Å². The third-order valence-corrected chi connectivity index (χ3v) is 6.25. The summed E-state index contributed by atoms with van der Waals surface area (Å²) in [5.41, 5.74) is 6.08. The lowest BCUT2D eigenvalue weighted by molar-refractivity contribution is -0.160. The van der Waals surface area contributed by atoms with Gasteiger partial charge < -0.3 is 18.8 Å². The maximum Gasteiger partial charge on any atom is 0.337 e. The van der Waals surface area contributed by atoms with E-state index in [1.165, 1.54) is 0 Å². The number of halogens is 1. The Bertz CT molecular complexity index is 1350. The number of rotatable bonds is 6. The van der Waals surface area contributed by atoms with Gasteiger partial charge in [0.05, 0.1) is 24.7 Å². The van der Waals surface area contributed by atoms with Crippen LogP contribution in [-0.2, 0) is 16.1 Å². The van der Waals surface area contributed by atoms with Crippen molar-refractivity contribution < 1.29 is 19.1 Å². The quantitative estimate of drug-likeness (QED) is 0.326. The average Bonchev–Trinajstić information content (AvgIpc) is 3.34. The Kier molecular flexibility index (Phi) is 6.32. The lowest BCUT2D eigenvalue weighted by Gasteiger charge is -2.28. The molecule has 4 aromatic rings. The second kappa shape index (κ2) is 8.93. The minimum absolute atomic E-state index is 0.556. The fraction of sp³-hybridized carbons (Fsp3) is 0.333. The fourth-order valence-electron chi connectivity index (χ4n) is 4.38. The first-order valence-electron chi connectivity index (χ1n) is 11.2. The number of benzene rings is 1. The van der Waals surface area contributed by atoms with Crippen molar-refractivity contribution in [3.05, 3.63) is 76.0 Å². The standard InChI is InChI=1S/C27H29ClN2O4/c1-15-17(3)30(13-18-11-12-33-14-18)25-21(15)23(19-7-9-20(28)10-8-19)22(16(2)29-25)24(26(31)32)34-27(4,5)6/h7-12,14,24H,13H2,1-6H3,(H,31,32)/t24-/m0/s1. The number of hydrogen-bond donors (Lipinski definition) is 1. The maximum atomic E-state index is 12.5. The van der Waals surface area contributed by atoms with Crippen molar-refractivity contribution in [2.24, 2.45) is 0 Å². The van der Waals surface area contributed by atoms with Crippen molar-refractivity contribution in [1.82, 2.24) is 9.55 Å². The van der Waals surface area contributed by atoms with E-state index in [2.05, 4.69) is 11.5 Å². The number of carboxylic acids is 1. The summed E-state index contributed by atoms with van der Waals surface area (Å²) in [5, 5.41) is 11.7. The van der Waals surface area contributed by atoms with E-state index in [9.17, 15) is 9.90 Å². The van der Waals surface area contributed by atoms with Crippen molar-refractivity contribution >= 4 is 28.6 Å². The highest BCUT2D eigenvalue weighted by Crippen LogP contribution is 2.42. The summed E-state index contributed by atoms with van der Waals surface area (Å²) >= 11 is 6.18. The van der Waals surface area contributed by atoms with Crippen LogP contribution in [0.15, 0.2) is 47.3 Å². The van der Waals surface area contributed by atoms with E-state index < -0.39 is 17.7 Å². The van der Waals surface area contributed by atoms with Crippen LogP contribution in [0.4, 0.5) is 0 Å². The van der Waals surface area contributed by atoms with E-state index in [1.807, 2.05) is 65.0 Å². The van der Waals surface area contributed by atoms with E-state index >= 15 is 0 Å². The molecule has 0 aliphatic carbocycles. The van der Waals surface area contributed by atoms with Crippen LogP contribution in [0, 0.1) is 20.8 Å². The van der Waals surface area contributed by atoms with Crippen molar-refractivity contribution in [3.63, 3.8) is 0 Å². The van der Waals surface area contributed by atoms with E-state index in [4.69, 9.17) is 25.7 Å². The number of nitrogens with zero attached hydrogens (tertiary/aromatic N) is 2. The summed E-state index contributed by atoms with van der Waals surface area (Å²) in [5.74, 6) is -1.05. The molecule has 3 heterocycles. The van der Waals surface area contributed by atoms with E-state index in [1.54, 1.807) is 12.5 Å². The molecule has 0 saturated heterocycles. The van der Waals surface area contributed by atoms with Gasteiger partial charge in [0.1, 0.15) is 5.65 Å². The molecule has 1 N–H and O–H groups in total. The minimum atomic E-state index is -1.18. The number of aliphatic carboxylic acids is 1. The Hall–Kier alpha value is -3.09. The molecule has 178 valence electrons. The van der Waals surface area contributed by atoms with Crippen molar-refractivity contribution in [2.75, 3.05) is 0 Å². The normalized spacial score (nSPS) is 12.9. The second-order valence-electron chi connectivity index (χ2n) is 9.57. The van der Waals surface area contributed by atoms with Gasteiger partial charge in [-0.05, 0) is 70.9 Å². The fourth-order valence-corrected chi connectivity index (χ4v) is 4.50. The van der Waals surface area contributed by atoms with Crippen molar-refractivity contribution in [3.8, 4) is 11.1 Å². The Morgan fingerprint density at radius 1 is 1.18 bits per heavy atom. The summed E-state index contributed by atoms with van der Waals surface area (Å²) < 4.78 is 13.5. The van der Waals surface area contributed by atoms with Gasteiger partial charge in [-0.3, -0.25) is 0 Å². The largest absolute Gasteiger partial charge is 0.479 e. The van der Waals surface area contributed by atoms with Gasteiger partial charge in [-0.25, -0.2) is 9.78 Å². The third-order valence-electron chi connectivity index (χ3n) is 6.00. The molecule has 0 aliphatic heterocycles. The number of aryl methyl sites for hydroxylation is 2. The number of carboxylic acid groups (broad SMARTS) is 1. The topological polar surface area (TPSA) is 77.5 Å². The van der Waals surface area contributed by atoms with Gasteiger partial charge in [0.15, 0.2) is 6.10 Å². The van der Waals surface area contributed by atoms with Gasteiger partial charge in [-0.1, -0.05) is 23.7 Å². The van der Waals surface area contributed by atoms with Crippen LogP contribution in [-0.4, -0.2) is 26.2 Å². The number of fused-ring (bicyclic) bond motifs is 1. The highest BCUT2D eigenvalue weighted by atomic mass is 35.5. The van der Waals surface area contributed by atoms with E-state index in [0.717, 1.165) is 39.0 Å². The van der Waals surface area contributed by atoms with Crippen LogP contribution in [0.3, 0.4) is 0 Å². The first kappa shape index (κ1) is 24.0. The molecule has 6 nitrogen and oxygen atoms in total. The molecule has 0 bridgehead atoms. The molecule has 7 heteroatoms. The maximum absolute atomic E-state index is 12.5. The third kappa shape index (κ3) is 4.48. The zero-order valence-electron chi connectivity index (χ0n) is 20.3. The first-order valence-corrected chi connectivity index (χ1v) is 11.5. The summed E-state index contributed by atoms with van der Waals surface area (Å²) in [4.78, 5) is 17.4. The molecule has 0 fully saturated rings. The van der Waals surface area contributed by atoms with Gasteiger partial charge in [0.25, 0.3) is 0 Å². The van der Waals surface area contributed by atoms with E-state index in [0.29, 0.717) is 22.8 Å². The lowest BCUT2D eigenvalue weighted by Crippen LogP contribution is -2.28. The predicted molar refractivity (Wildman–Crippen MR) is 133 cm³/mol. The Morgan fingerprint density at radius 3 is 2.41 bits per heavy atom. The molecule has 34 heavy (non-hydrogen) atoms. The van der Waals surface area contributed by atoms with Gasteiger partial charge in [-0.15, -0.1) is 0 Å². The molecule has 0 unspecified atom stereocenters. The average molecular weight is 481 g/mol. The Balaban J connectivity index is 2.09. The minimum Gasteiger partial charge on any atom is -0.479 e. The molecule has 0 radical (unpaired) electrons. The van der Waals surface area contributed by atoms with Crippen LogP contribution in [0.2, 0.25) is 5.02 Å². The smallest absolute Gasteiger partial charge is 0.337 e. The van der Waals surface area contributed by atoms with Gasteiger partial charge in [-0.2, -0.15) is 0 Å². The number of pyridine rings is 1. The van der Waals surface area contributed by atoms with E-state index in [-0.39, 0.29) is 0 Å². The number of aromatic nitrogens is 2. The lowest BCUT2D eigenvalue weighted by atomic mass is 9.91. The molecule has 1 aromatic carbocycles. The molecule has 0 spiro atoms. The number of carbonyl (C=O) groups is 1. The Morgan fingerprint density at radius 2 is 1.85 bits per heavy atom. The zero-order chi connectivity index (χ0) is 24.8. The summed E-state index contributed by atoms with van der Waals surface area (Å²) in [6.45, 7) is 12.1. The van der Waals surface area contributed by atoms with Crippen LogP contribution in [0.1, 0.15) is 55.0 Å². The molecule has 0 saturated carbocycles. The van der Waals surface area contributed by atoms with Crippen LogP contribution in [0.25, 0.3) is 22.2 Å². The molecule has 0 aliphatic rings. The molecule has 1 atom stereocenters. The monoisotopic (exact) mass is 480 g/mol. The second-order valence-corrected chi connectivity index (χ2v) is 10.0. The van der Waals surface area contributed by atoms with Gasteiger partial charge in [0.2, 0.25) is 0 Å². The molecular formula is C27H29ClN2O4. The molecule has 4 rings (SSSR count). The number of furan rings is 1. The SMILES string of the molecule is Cc1nc2c(c(C)c(C)n2Cc2ccoc2)c(-c2ccc(Cl)cc2)c1[C@H](OC(C)(C)C)C(=O)O. The zero-order valence-corrected chi connectivity index (χ0v) is 21.0. The molecule has 0 amide bonds. The van der Waals surface area contributed by atoms with Crippen LogP contribution in [0.5, 0.6) is 0 Å². The highest BCUT2D eigenvalue weighted by molar-refractivity contribution is 6.30. The van der Waals surface area contributed by atoms with Gasteiger partial charge in [0, 0.05) is 38.5 Å². The van der Waals surface area contributed by atoms with Crippen LogP contribution < -0.4 is 0 Å². The summed E-state index contributed by atoms with van der Waals surface area (Å²) in [6.07, 6.45) is 2.19. The number of hydrogen-bond acceptors (Lipinski definition) is 4.